The third-order valence-electron chi connectivity index (χ3n) is 3.09. The van der Waals surface area contributed by atoms with Gasteiger partial charge < -0.3 is 10.5 Å². The molecule has 0 spiro atoms. The monoisotopic (exact) mass is 269 g/mol. The molecule has 0 fully saturated rings. The Balaban J connectivity index is 2.17. The van der Waals surface area contributed by atoms with Crippen LogP contribution in [0, 0.1) is 26.2 Å². The normalized spacial score (nSPS) is 10.3. The van der Waals surface area contributed by atoms with Crippen molar-refractivity contribution in [3.8, 4) is 5.75 Å². The van der Waals surface area contributed by atoms with E-state index in [-0.39, 0.29) is 5.84 Å². The molecular formula is C16H19N3O. The minimum absolute atomic E-state index is 0.0328. The van der Waals surface area contributed by atoms with Crippen molar-refractivity contribution in [2.24, 2.45) is 5.73 Å². The molecular weight excluding hydrogens is 250 g/mol. The van der Waals surface area contributed by atoms with Crippen molar-refractivity contribution in [3.63, 3.8) is 0 Å². The van der Waals surface area contributed by atoms with E-state index in [1.165, 1.54) is 5.56 Å². The molecule has 0 saturated carbocycles. The van der Waals surface area contributed by atoms with Crippen molar-refractivity contribution in [1.29, 1.82) is 5.41 Å². The van der Waals surface area contributed by atoms with E-state index < -0.39 is 0 Å². The minimum atomic E-state index is -0.0328. The summed E-state index contributed by atoms with van der Waals surface area (Å²) in [4.78, 5) is 4.04. The summed E-state index contributed by atoms with van der Waals surface area (Å²) < 4.78 is 5.90. The molecule has 0 aliphatic heterocycles. The Morgan fingerprint density at radius 3 is 2.45 bits per heavy atom. The van der Waals surface area contributed by atoms with Crippen LogP contribution in [0.4, 0.5) is 0 Å². The molecule has 104 valence electrons. The van der Waals surface area contributed by atoms with Crippen molar-refractivity contribution in [1.82, 2.24) is 4.98 Å². The highest BCUT2D eigenvalue weighted by atomic mass is 16.5. The van der Waals surface area contributed by atoms with E-state index in [0.29, 0.717) is 12.3 Å². The molecule has 1 heterocycles. The Bertz CT molecular complexity index is 627. The Hall–Kier alpha value is -2.36. The number of amidine groups is 1. The number of nitrogens with zero attached hydrogens (tertiary/aromatic N) is 1. The fourth-order valence-corrected chi connectivity index (χ4v) is 2.26. The average Bonchev–Trinajstić information content (AvgIpc) is 2.37. The maximum Gasteiger partial charge on any atom is 0.141 e. The summed E-state index contributed by atoms with van der Waals surface area (Å²) in [6, 6.07) is 7.86. The zero-order valence-corrected chi connectivity index (χ0v) is 12.0. The maximum absolute atomic E-state index is 7.39. The number of rotatable bonds is 4. The van der Waals surface area contributed by atoms with Crippen LogP contribution in [0.15, 0.2) is 30.5 Å². The number of benzene rings is 1. The highest BCUT2D eigenvalue weighted by molar-refractivity contribution is 5.93. The van der Waals surface area contributed by atoms with E-state index in [0.717, 1.165) is 22.4 Å². The number of pyridine rings is 1. The lowest BCUT2D eigenvalue weighted by Crippen LogP contribution is -2.13. The van der Waals surface area contributed by atoms with E-state index in [1.807, 2.05) is 19.9 Å². The lowest BCUT2D eigenvalue weighted by Gasteiger charge is -2.13. The number of nitrogens with one attached hydrogen (secondary N) is 1. The molecule has 0 bridgehead atoms. The van der Waals surface area contributed by atoms with Gasteiger partial charge >= 0.3 is 0 Å². The van der Waals surface area contributed by atoms with Crippen LogP contribution in [0.1, 0.15) is 27.9 Å². The predicted molar refractivity (Wildman–Crippen MR) is 80.2 cm³/mol. The first-order valence-electron chi connectivity index (χ1n) is 6.47. The average molecular weight is 269 g/mol. The Morgan fingerprint density at radius 1 is 1.20 bits per heavy atom. The van der Waals surface area contributed by atoms with Crippen LogP contribution in [0.5, 0.6) is 5.75 Å². The fraction of sp³-hybridized carbons (Fsp3) is 0.250. The van der Waals surface area contributed by atoms with Crippen molar-refractivity contribution in [2.45, 2.75) is 27.4 Å². The van der Waals surface area contributed by atoms with E-state index in [4.69, 9.17) is 15.9 Å². The van der Waals surface area contributed by atoms with Gasteiger partial charge in [-0.15, -0.1) is 0 Å². The van der Waals surface area contributed by atoms with Crippen LogP contribution < -0.4 is 10.5 Å². The van der Waals surface area contributed by atoms with E-state index in [1.54, 1.807) is 12.3 Å². The van der Waals surface area contributed by atoms with E-state index in [9.17, 15) is 0 Å². The van der Waals surface area contributed by atoms with Crippen molar-refractivity contribution >= 4 is 5.84 Å². The van der Waals surface area contributed by atoms with Crippen molar-refractivity contribution in [2.75, 3.05) is 0 Å². The molecule has 0 atom stereocenters. The summed E-state index contributed by atoms with van der Waals surface area (Å²) in [5.41, 5.74) is 10.3. The van der Waals surface area contributed by atoms with Gasteiger partial charge in [-0.25, -0.2) is 0 Å². The first kappa shape index (κ1) is 14.1. The van der Waals surface area contributed by atoms with Gasteiger partial charge in [0.25, 0.3) is 0 Å². The molecule has 4 nitrogen and oxygen atoms in total. The first-order valence-corrected chi connectivity index (χ1v) is 6.47. The second kappa shape index (κ2) is 5.74. The molecule has 1 aromatic heterocycles. The second-order valence-electron chi connectivity index (χ2n) is 4.98. The van der Waals surface area contributed by atoms with Gasteiger partial charge in [0.2, 0.25) is 0 Å². The lowest BCUT2D eigenvalue weighted by molar-refractivity contribution is 0.301. The summed E-state index contributed by atoms with van der Waals surface area (Å²) in [7, 11) is 0. The molecule has 4 heteroatoms. The van der Waals surface area contributed by atoms with Gasteiger partial charge in [-0.3, -0.25) is 10.4 Å². The summed E-state index contributed by atoms with van der Waals surface area (Å²) in [5.74, 6) is 0.881. The third-order valence-corrected chi connectivity index (χ3v) is 3.09. The number of nitrogens with two attached hydrogens (primary N) is 1. The van der Waals surface area contributed by atoms with Gasteiger partial charge in [0.1, 0.15) is 23.9 Å². The topological polar surface area (TPSA) is 72.0 Å². The van der Waals surface area contributed by atoms with Crippen LogP contribution in [-0.2, 0) is 6.61 Å². The number of hydrogen-bond donors (Lipinski definition) is 2. The van der Waals surface area contributed by atoms with Crippen LogP contribution >= 0.6 is 0 Å². The van der Waals surface area contributed by atoms with E-state index >= 15 is 0 Å². The fourth-order valence-electron chi connectivity index (χ4n) is 2.26. The molecule has 0 saturated heterocycles. The molecule has 2 rings (SSSR count). The number of hydrogen-bond acceptors (Lipinski definition) is 3. The minimum Gasteiger partial charge on any atom is -0.488 e. The molecule has 3 N–H and O–H groups in total. The summed E-state index contributed by atoms with van der Waals surface area (Å²) in [6.45, 7) is 6.60. The largest absolute Gasteiger partial charge is 0.488 e. The van der Waals surface area contributed by atoms with Crippen molar-refractivity contribution < 1.29 is 4.74 Å². The SMILES string of the molecule is Cc1cc(C)c(OCc2ccnc(C(=N)N)c2)c(C)c1. The molecule has 2 aromatic rings. The molecule has 20 heavy (non-hydrogen) atoms. The van der Waals surface area contributed by atoms with Gasteiger partial charge in [-0.05, 0) is 49.6 Å². The maximum atomic E-state index is 7.39. The van der Waals surface area contributed by atoms with Gasteiger partial charge in [-0.1, -0.05) is 17.7 Å². The Labute approximate surface area is 119 Å². The van der Waals surface area contributed by atoms with Crippen LogP contribution in [0.25, 0.3) is 0 Å². The number of nitrogen functional groups attached to an aromatic ring is 1. The predicted octanol–water partition coefficient (Wildman–Crippen LogP) is 2.87. The van der Waals surface area contributed by atoms with Gasteiger partial charge in [0.15, 0.2) is 0 Å². The zero-order chi connectivity index (χ0) is 14.7. The van der Waals surface area contributed by atoms with E-state index in [2.05, 4.69) is 24.0 Å². The number of ether oxygens (including phenoxy) is 1. The number of aryl methyl sites for hydroxylation is 3. The molecule has 0 aliphatic carbocycles. The van der Waals surface area contributed by atoms with Gasteiger partial charge in [-0.2, -0.15) is 0 Å². The standard InChI is InChI=1S/C16H19N3O/c1-10-6-11(2)15(12(3)7-10)20-9-13-4-5-19-14(8-13)16(17)18/h4-8H,9H2,1-3H3,(H3,17,18). The van der Waals surface area contributed by atoms with Gasteiger partial charge in [0, 0.05) is 6.20 Å². The van der Waals surface area contributed by atoms with Gasteiger partial charge in [0.05, 0.1) is 0 Å². The molecule has 0 amide bonds. The smallest absolute Gasteiger partial charge is 0.141 e. The first-order chi connectivity index (χ1) is 9.47. The highest BCUT2D eigenvalue weighted by Crippen LogP contribution is 2.25. The second-order valence-corrected chi connectivity index (χ2v) is 4.98. The summed E-state index contributed by atoms with van der Waals surface area (Å²) >= 11 is 0. The molecule has 0 radical (unpaired) electrons. The molecule has 0 unspecified atom stereocenters. The molecule has 1 aromatic carbocycles. The quantitative estimate of drug-likeness (QED) is 0.662. The summed E-state index contributed by atoms with van der Waals surface area (Å²) in [6.07, 6.45) is 1.64. The zero-order valence-electron chi connectivity index (χ0n) is 12.0. The van der Waals surface area contributed by atoms with Crippen LogP contribution in [-0.4, -0.2) is 10.8 Å². The Morgan fingerprint density at radius 2 is 1.85 bits per heavy atom. The third kappa shape index (κ3) is 3.15. The summed E-state index contributed by atoms with van der Waals surface area (Å²) in [5, 5.41) is 7.39. The number of aromatic nitrogens is 1. The highest BCUT2D eigenvalue weighted by Gasteiger charge is 2.06. The van der Waals surface area contributed by atoms with Crippen molar-refractivity contribution in [3.05, 3.63) is 58.4 Å². The molecule has 0 aliphatic rings. The lowest BCUT2D eigenvalue weighted by atomic mass is 10.1. The van der Waals surface area contributed by atoms with Crippen LogP contribution in [0.2, 0.25) is 0 Å². The van der Waals surface area contributed by atoms with Crippen LogP contribution in [0.3, 0.4) is 0 Å². The Kier molecular flexibility index (Phi) is 4.03.